The highest BCUT2D eigenvalue weighted by molar-refractivity contribution is 5.08. The summed E-state index contributed by atoms with van der Waals surface area (Å²) < 4.78 is 0. The van der Waals surface area contributed by atoms with E-state index in [2.05, 4.69) is 26.0 Å². The third kappa shape index (κ3) is 1.11. The Labute approximate surface area is 74.5 Å². The van der Waals surface area contributed by atoms with Crippen LogP contribution in [-0.2, 0) is 0 Å². The molecule has 1 fully saturated rings. The molecular formula is C11H18O. The second-order valence-electron chi connectivity index (χ2n) is 4.91. The summed E-state index contributed by atoms with van der Waals surface area (Å²) in [6.07, 6.45) is 7.71. The molecule has 0 amide bonds. The molecule has 2 aliphatic rings. The van der Waals surface area contributed by atoms with Gasteiger partial charge in [0.2, 0.25) is 0 Å². The van der Waals surface area contributed by atoms with Gasteiger partial charge in [0.1, 0.15) is 0 Å². The van der Waals surface area contributed by atoms with Crippen LogP contribution in [0.5, 0.6) is 0 Å². The van der Waals surface area contributed by atoms with Gasteiger partial charge in [0, 0.05) is 0 Å². The number of hydrogen-bond acceptors (Lipinski definition) is 1. The van der Waals surface area contributed by atoms with E-state index in [1.165, 1.54) is 6.42 Å². The third-order valence-electron chi connectivity index (χ3n) is 3.88. The summed E-state index contributed by atoms with van der Waals surface area (Å²) in [6, 6.07) is 0. The van der Waals surface area contributed by atoms with E-state index in [-0.39, 0.29) is 6.10 Å². The fourth-order valence-electron chi connectivity index (χ4n) is 2.76. The molecule has 1 N–H and O–H groups in total. The van der Waals surface area contributed by atoms with Crippen molar-refractivity contribution < 1.29 is 5.11 Å². The highest BCUT2D eigenvalue weighted by atomic mass is 16.3. The molecule has 2 rings (SSSR count). The first-order chi connectivity index (χ1) is 5.60. The first kappa shape index (κ1) is 8.31. The third-order valence-corrected chi connectivity index (χ3v) is 3.88. The van der Waals surface area contributed by atoms with Crippen LogP contribution in [0.3, 0.4) is 0 Å². The van der Waals surface area contributed by atoms with E-state index in [4.69, 9.17) is 0 Å². The lowest BCUT2D eigenvalue weighted by Gasteiger charge is -2.48. The van der Waals surface area contributed by atoms with Gasteiger partial charge in [-0.15, -0.1) is 0 Å². The first-order valence-corrected chi connectivity index (χ1v) is 4.95. The van der Waals surface area contributed by atoms with Crippen molar-refractivity contribution in [1.82, 2.24) is 0 Å². The Morgan fingerprint density at radius 1 is 1.33 bits per heavy atom. The van der Waals surface area contributed by atoms with Crippen LogP contribution in [0.2, 0.25) is 0 Å². The van der Waals surface area contributed by atoms with E-state index in [0.29, 0.717) is 17.3 Å². The summed E-state index contributed by atoms with van der Waals surface area (Å²) >= 11 is 0. The highest BCUT2D eigenvalue weighted by Crippen LogP contribution is 2.49. The summed E-state index contributed by atoms with van der Waals surface area (Å²) in [5, 5.41) is 9.61. The van der Waals surface area contributed by atoms with Crippen LogP contribution in [0.1, 0.15) is 33.1 Å². The zero-order valence-electron chi connectivity index (χ0n) is 7.96. The molecule has 1 nitrogen and oxygen atoms in total. The van der Waals surface area contributed by atoms with Gasteiger partial charge in [0.15, 0.2) is 0 Å². The number of fused-ring (bicyclic) bond motifs is 2. The van der Waals surface area contributed by atoms with Crippen LogP contribution in [0.25, 0.3) is 0 Å². The quantitative estimate of drug-likeness (QED) is 0.548. The van der Waals surface area contributed by atoms with Gasteiger partial charge in [-0.3, -0.25) is 0 Å². The molecule has 3 unspecified atom stereocenters. The maximum absolute atomic E-state index is 9.61. The summed E-state index contributed by atoms with van der Waals surface area (Å²) in [4.78, 5) is 0. The molecule has 0 radical (unpaired) electrons. The van der Waals surface area contributed by atoms with Gasteiger partial charge in [0.05, 0.1) is 6.10 Å². The fourth-order valence-corrected chi connectivity index (χ4v) is 2.76. The summed E-state index contributed by atoms with van der Waals surface area (Å²) in [5.74, 6) is 1.32. The number of allylic oxidation sites excluding steroid dienone is 2. The van der Waals surface area contributed by atoms with E-state index in [0.717, 1.165) is 12.8 Å². The minimum atomic E-state index is -0.0435. The Balaban J connectivity index is 2.26. The molecule has 0 aromatic carbocycles. The van der Waals surface area contributed by atoms with Crippen molar-refractivity contribution in [3.8, 4) is 0 Å². The van der Waals surface area contributed by atoms with E-state index in [9.17, 15) is 5.11 Å². The molecule has 1 heteroatoms. The van der Waals surface area contributed by atoms with Crippen molar-refractivity contribution in [2.75, 3.05) is 0 Å². The molecule has 0 spiro atoms. The zero-order chi connectivity index (χ0) is 8.77. The maximum atomic E-state index is 9.61. The number of aliphatic hydroxyl groups excluding tert-OH is 1. The Morgan fingerprint density at radius 2 is 2.08 bits per heavy atom. The Kier molecular flexibility index (Phi) is 1.80. The molecule has 3 atom stereocenters. The topological polar surface area (TPSA) is 20.2 Å². The molecule has 0 heterocycles. The molecule has 68 valence electrons. The minimum absolute atomic E-state index is 0.0435. The summed E-state index contributed by atoms with van der Waals surface area (Å²) in [7, 11) is 0. The van der Waals surface area contributed by atoms with Gasteiger partial charge >= 0.3 is 0 Å². The smallest absolute Gasteiger partial charge is 0.0549 e. The molecule has 2 aliphatic carbocycles. The second-order valence-corrected chi connectivity index (χ2v) is 4.91. The lowest BCUT2D eigenvalue weighted by atomic mass is 9.58. The molecule has 0 saturated heterocycles. The van der Waals surface area contributed by atoms with Crippen molar-refractivity contribution in [3.05, 3.63) is 12.2 Å². The molecular weight excluding hydrogens is 148 g/mol. The van der Waals surface area contributed by atoms with Crippen LogP contribution in [-0.4, -0.2) is 11.2 Å². The van der Waals surface area contributed by atoms with E-state index in [1.54, 1.807) is 0 Å². The van der Waals surface area contributed by atoms with Crippen LogP contribution >= 0.6 is 0 Å². The van der Waals surface area contributed by atoms with Gasteiger partial charge < -0.3 is 5.11 Å². The van der Waals surface area contributed by atoms with Gasteiger partial charge in [-0.25, -0.2) is 0 Å². The van der Waals surface area contributed by atoms with Crippen LogP contribution < -0.4 is 0 Å². The minimum Gasteiger partial charge on any atom is -0.393 e. The average molecular weight is 166 g/mol. The van der Waals surface area contributed by atoms with Crippen molar-refractivity contribution in [2.24, 2.45) is 17.3 Å². The molecule has 0 aromatic rings. The second kappa shape index (κ2) is 2.59. The van der Waals surface area contributed by atoms with Crippen LogP contribution in [0, 0.1) is 17.3 Å². The Morgan fingerprint density at radius 3 is 2.75 bits per heavy atom. The largest absolute Gasteiger partial charge is 0.393 e. The van der Waals surface area contributed by atoms with Gasteiger partial charge in [-0.05, 0) is 36.5 Å². The monoisotopic (exact) mass is 166 g/mol. The normalized spacial score (nSPS) is 44.4. The predicted octanol–water partition coefficient (Wildman–Crippen LogP) is 2.36. The summed E-state index contributed by atoms with van der Waals surface area (Å²) in [5.41, 5.74) is 0.425. The maximum Gasteiger partial charge on any atom is 0.0549 e. The predicted molar refractivity (Wildman–Crippen MR) is 49.8 cm³/mol. The van der Waals surface area contributed by atoms with E-state index in [1.807, 2.05) is 0 Å². The number of hydrogen-bond donors (Lipinski definition) is 1. The Hall–Kier alpha value is -0.300. The lowest BCUT2D eigenvalue weighted by Crippen LogP contribution is -2.42. The fraction of sp³-hybridized carbons (Fsp3) is 0.818. The zero-order valence-corrected chi connectivity index (χ0v) is 7.96. The molecule has 1 saturated carbocycles. The van der Waals surface area contributed by atoms with E-state index < -0.39 is 0 Å². The van der Waals surface area contributed by atoms with Gasteiger partial charge in [0.25, 0.3) is 0 Å². The standard InChI is InChI=1S/C11H18O/c1-11(2)8-4-3-5-9(11)7-10(12)6-8/h3-4,8-10,12H,5-7H2,1-2H3. The highest BCUT2D eigenvalue weighted by Gasteiger charge is 2.43. The van der Waals surface area contributed by atoms with Crippen molar-refractivity contribution in [3.63, 3.8) is 0 Å². The molecule has 0 aliphatic heterocycles. The van der Waals surface area contributed by atoms with Crippen molar-refractivity contribution in [1.29, 1.82) is 0 Å². The SMILES string of the molecule is CC1(C)C2C=CCC1CC(O)C2. The van der Waals surface area contributed by atoms with Crippen molar-refractivity contribution in [2.45, 2.75) is 39.2 Å². The molecule has 0 aromatic heterocycles. The van der Waals surface area contributed by atoms with Gasteiger partial charge in [-0.2, -0.15) is 0 Å². The average Bonchev–Trinajstić information content (AvgIpc) is 1.92. The van der Waals surface area contributed by atoms with Crippen LogP contribution in [0.15, 0.2) is 12.2 Å². The number of rotatable bonds is 0. The molecule has 2 bridgehead atoms. The van der Waals surface area contributed by atoms with Crippen molar-refractivity contribution >= 4 is 0 Å². The summed E-state index contributed by atoms with van der Waals surface area (Å²) in [6.45, 7) is 4.69. The van der Waals surface area contributed by atoms with Gasteiger partial charge in [-0.1, -0.05) is 26.0 Å². The lowest BCUT2D eigenvalue weighted by molar-refractivity contribution is -0.00831. The molecule has 12 heavy (non-hydrogen) atoms. The first-order valence-electron chi connectivity index (χ1n) is 4.95. The number of aliphatic hydroxyl groups is 1. The van der Waals surface area contributed by atoms with E-state index >= 15 is 0 Å². The Bertz CT molecular complexity index is 205. The van der Waals surface area contributed by atoms with Crippen LogP contribution in [0.4, 0.5) is 0 Å².